The van der Waals surface area contributed by atoms with Crippen molar-refractivity contribution in [3.05, 3.63) is 35.9 Å². The second kappa shape index (κ2) is 12.2. The van der Waals surface area contributed by atoms with Gasteiger partial charge in [0.15, 0.2) is 12.2 Å². The first-order valence-electron chi connectivity index (χ1n) is 10.8. The van der Waals surface area contributed by atoms with Crippen LogP contribution >= 0.6 is 0 Å². The maximum absolute atomic E-state index is 12.6. The number of amides is 3. The summed E-state index contributed by atoms with van der Waals surface area (Å²) >= 11 is 0. The molecule has 1 aliphatic heterocycles. The molecule has 6 N–H and O–H groups in total. The number of carbonyl (C=O) groups is 4. The van der Waals surface area contributed by atoms with Crippen molar-refractivity contribution in [1.82, 2.24) is 16.0 Å². The largest absolute Gasteiger partial charge is 0.480 e. The third kappa shape index (κ3) is 7.93. The molecule has 0 aliphatic carbocycles. The number of hydrogen-bond donors (Lipinski definition) is 5. The predicted octanol–water partition coefficient (Wildman–Crippen LogP) is -0.296. The Kier molecular flexibility index (Phi) is 9.61. The van der Waals surface area contributed by atoms with Crippen LogP contribution in [0.1, 0.15) is 38.7 Å². The van der Waals surface area contributed by atoms with E-state index < -0.39 is 42.1 Å². The van der Waals surface area contributed by atoms with E-state index in [0.717, 1.165) is 5.56 Å². The molecular formula is C22H32N4O6. The average molecular weight is 449 g/mol. The highest BCUT2D eigenvalue weighted by atomic mass is 16.6. The number of carboxylic acids is 1. The van der Waals surface area contributed by atoms with Crippen LogP contribution in [0.25, 0.3) is 0 Å². The number of carbonyl (C=O) groups excluding carboxylic acids is 3. The molecule has 32 heavy (non-hydrogen) atoms. The molecule has 4 atom stereocenters. The molecule has 1 aromatic rings. The molecular weight excluding hydrogens is 416 g/mol. The minimum absolute atomic E-state index is 0.111. The van der Waals surface area contributed by atoms with E-state index in [9.17, 15) is 24.3 Å². The first-order chi connectivity index (χ1) is 15.2. The molecule has 1 aromatic carbocycles. The summed E-state index contributed by atoms with van der Waals surface area (Å²) in [5.41, 5.74) is 6.28. The highest BCUT2D eigenvalue weighted by molar-refractivity contribution is 5.98. The zero-order chi connectivity index (χ0) is 23.7. The van der Waals surface area contributed by atoms with Crippen molar-refractivity contribution in [3.8, 4) is 0 Å². The van der Waals surface area contributed by atoms with Gasteiger partial charge in [0.1, 0.15) is 12.1 Å². The summed E-state index contributed by atoms with van der Waals surface area (Å²) < 4.78 is 5.19. The summed E-state index contributed by atoms with van der Waals surface area (Å²) in [5.74, 6) is -2.77. The van der Waals surface area contributed by atoms with E-state index in [1.807, 2.05) is 44.2 Å². The fourth-order valence-corrected chi connectivity index (χ4v) is 3.21. The number of hydrogen-bond acceptors (Lipinski definition) is 6. The SMILES string of the molecule is CC(C)NC(=O)[C@H](Cc1ccccc1)NC(=O)C1OC1C(=O)N[C@@H](CCCCN)C(=O)O. The third-order valence-corrected chi connectivity index (χ3v) is 4.92. The second-order valence-electron chi connectivity index (χ2n) is 8.08. The van der Waals surface area contributed by atoms with Crippen molar-refractivity contribution in [2.24, 2.45) is 5.73 Å². The molecule has 0 spiro atoms. The number of rotatable bonds is 13. The number of epoxide rings is 1. The van der Waals surface area contributed by atoms with Crippen LogP contribution in [0.2, 0.25) is 0 Å². The molecule has 10 nitrogen and oxygen atoms in total. The van der Waals surface area contributed by atoms with Gasteiger partial charge in [0.2, 0.25) is 5.91 Å². The molecule has 1 saturated heterocycles. The molecule has 2 unspecified atom stereocenters. The fourth-order valence-electron chi connectivity index (χ4n) is 3.21. The Bertz CT molecular complexity index is 801. The normalized spacial score (nSPS) is 19.0. The molecule has 0 saturated carbocycles. The van der Waals surface area contributed by atoms with Gasteiger partial charge in [-0.05, 0) is 45.2 Å². The van der Waals surface area contributed by atoms with Crippen LogP contribution in [0.5, 0.6) is 0 Å². The zero-order valence-corrected chi connectivity index (χ0v) is 18.4. The van der Waals surface area contributed by atoms with Gasteiger partial charge in [-0.25, -0.2) is 4.79 Å². The van der Waals surface area contributed by atoms with E-state index in [1.54, 1.807) is 0 Å². The average Bonchev–Trinajstić information content (AvgIpc) is 3.54. The van der Waals surface area contributed by atoms with Gasteiger partial charge in [0.05, 0.1) is 0 Å². The first-order valence-corrected chi connectivity index (χ1v) is 10.8. The lowest BCUT2D eigenvalue weighted by Crippen LogP contribution is -2.51. The number of nitrogens with two attached hydrogens (primary N) is 1. The summed E-state index contributed by atoms with van der Waals surface area (Å²) in [5, 5.41) is 17.1. The number of ether oxygens (including phenoxy) is 1. The molecule has 176 valence electrons. The second-order valence-corrected chi connectivity index (χ2v) is 8.08. The lowest BCUT2D eigenvalue weighted by Gasteiger charge is -2.20. The van der Waals surface area contributed by atoms with Crippen LogP contribution in [-0.4, -0.2) is 65.7 Å². The van der Waals surface area contributed by atoms with Gasteiger partial charge in [-0.3, -0.25) is 14.4 Å². The number of benzene rings is 1. The van der Waals surface area contributed by atoms with Crippen LogP contribution in [0.3, 0.4) is 0 Å². The Labute approximate surface area is 187 Å². The van der Waals surface area contributed by atoms with Gasteiger partial charge in [0.25, 0.3) is 11.8 Å². The summed E-state index contributed by atoms with van der Waals surface area (Å²) in [6.45, 7) is 4.06. The van der Waals surface area contributed by atoms with Crippen LogP contribution in [0.15, 0.2) is 30.3 Å². The van der Waals surface area contributed by atoms with Crippen molar-refractivity contribution in [2.45, 2.75) is 69.9 Å². The lowest BCUT2D eigenvalue weighted by atomic mass is 10.0. The maximum Gasteiger partial charge on any atom is 0.326 e. The van der Waals surface area contributed by atoms with Gasteiger partial charge in [-0.2, -0.15) is 0 Å². The Morgan fingerprint density at radius 1 is 0.969 bits per heavy atom. The van der Waals surface area contributed by atoms with Crippen LogP contribution < -0.4 is 21.7 Å². The topological polar surface area (TPSA) is 163 Å². The van der Waals surface area contributed by atoms with Crippen LogP contribution in [0, 0.1) is 0 Å². The van der Waals surface area contributed by atoms with Gasteiger partial charge >= 0.3 is 5.97 Å². The van der Waals surface area contributed by atoms with Gasteiger partial charge in [-0.1, -0.05) is 30.3 Å². The first kappa shape index (κ1) is 25.3. The summed E-state index contributed by atoms with van der Waals surface area (Å²) in [4.78, 5) is 48.9. The number of carboxylic acid groups (broad SMARTS) is 1. The van der Waals surface area contributed by atoms with E-state index in [-0.39, 0.29) is 24.8 Å². The zero-order valence-electron chi connectivity index (χ0n) is 18.4. The Balaban J connectivity index is 1.94. The molecule has 1 aliphatic rings. The monoisotopic (exact) mass is 448 g/mol. The van der Waals surface area contributed by atoms with E-state index >= 15 is 0 Å². The van der Waals surface area contributed by atoms with Crippen molar-refractivity contribution in [3.63, 3.8) is 0 Å². The van der Waals surface area contributed by atoms with Gasteiger partial charge in [0, 0.05) is 12.5 Å². The van der Waals surface area contributed by atoms with Gasteiger partial charge < -0.3 is 31.5 Å². The Morgan fingerprint density at radius 2 is 1.56 bits per heavy atom. The minimum atomic E-state index is -1.16. The van der Waals surface area contributed by atoms with Crippen molar-refractivity contribution in [1.29, 1.82) is 0 Å². The lowest BCUT2D eigenvalue weighted by molar-refractivity contribution is -0.142. The Morgan fingerprint density at radius 3 is 2.09 bits per heavy atom. The smallest absolute Gasteiger partial charge is 0.326 e. The third-order valence-electron chi connectivity index (χ3n) is 4.92. The molecule has 0 bridgehead atoms. The molecule has 3 amide bonds. The van der Waals surface area contributed by atoms with Crippen molar-refractivity contribution < 1.29 is 29.0 Å². The number of unbranched alkanes of at least 4 members (excludes halogenated alkanes) is 1. The van der Waals surface area contributed by atoms with E-state index in [2.05, 4.69) is 16.0 Å². The molecule has 0 radical (unpaired) electrons. The van der Waals surface area contributed by atoms with Crippen LogP contribution in [0.4, 0.5) is 0 Å². The van der Waals surface area contributed by atoms with Crippen LogP contribution in [-0.2, 0) is 30.3 Å². The fraction of sp³-hybridized carbons (Fsp3) is 0.545. The highest BCUT2D eigenvalue weighted by Crippen LogP contribution is 2.23. The van der Waals surface area contributed by atoms with E-state index in [4.69, 9.17) is 10.5 Å². The number of nitrogens with one attached hydrogen (secondary N) is 3. The maximum atomic E-state index is 12.6. The molecule has 1 fully saturated rings. The quantitative estimate of drug-likeness (QED) is 0.204. The summed E-state index contributed by atoms with van der Waals surface area (Å²) in [6, 6.07) is 7.20. The van der Waals surface area contributed by atoms with Gasteiger partial charge in [-0.15, -0.1) is 0 Å². The summed E-state index contributed by atoms with van der Waals surface area (Å²) in [7, 11) is 0. The molecule has 2 rings (SSSR count). The highest BCUT2D eigenvalue weighted by Gasteiger charge is 2.51. The molecule has 1 heterocycles. The standard InChI is InChI=1S/C22H32N4O6/c1-13(2)24-19(27)16(12-14-8-4-3-5-9-14)26-21(29)18-17(32-18)20(28)25-15(22(30)31)10-6-7-11-23/h3-5,8-9,13,15-18H,6-7,10-12,23H2,1-2H3,(H,24,27)(H,25,28)(H,26,29)(H,30,31)/t15-,16-,17?,18?/m0/s1. The summed E-state index contributed by atoms with van der Waals surface area (Å²) in [6.07, 6.45) is -0.454. The van der Waals surface area contributed by atoms with Crippen molar-refractivity contribution >= 4 is 23.7 Å². The molecule has 10 heteroatoms. The minimum Gasteiger partial charge on any atom is -0.480 e. The predicted molar refractivity (Wildman–Crippen MR) is 116 cm³/mol. The Hall–Kier alpha value is -2.98. The van der Waals surface area contributed by atoms with E-state index in [1.165, 1.54) is 0 Å². The number of aliphatic carboxylic acids is 1. The molecule has 0 aromatic heterocycles. The van der Waals surface area contributed by atoms with Crippen molar-refractivity contribution in [2.75, 3.05) is 6.54 Å². The van der Waals surface area contributed by atoms with E-state index in [0.29, 0.717) is 19.4 Å².